The molecule has 25 heavy (non-hydrogen) atoms. The van der Waals surface area contributed by atoms with E-state index in [1.54, 1.807) is 23.1 Å². The summed E-state index contributed by atoms with van der Waals surface area (Å²) >= 11 is 0. The Labute approximate surface area is 145 Å². The lowest BCUT2D eigenvalue weighted by atomic mass is 10.1. The molecule has 1 aromatic carbocycles. The predicted octanol–water partition coefficient (Wildman–Crippen LogP) is 3.04. The number of benzene rings is 1. The monoisotopic (exact) mass is 343 g/mol. The third kappa shape index (κ3) is 3.78. The Bertz CT molecular complexity index is 832. The molecule has 2 heterocycles. The van der Waals surface area contributed by atoms with Crippen molar-refractivity contribution in [1.82, 2.24) is 14.9 Å². The van der Waals surface area contributed by atoms with E-state index in [4.69, 9.17) is 0 Å². The maximum absolute atomic E-state index is 13.9. The molecule has 5 nitrogen and oxygen atoms in total. The number of nitrogens with one attached hydrogen (secondary N) is 1. The molecule has 0 bridgehead atoms. The second-order valence-corrected chi connectivity index (χ2v) is 6.34. The summed E-state index contributed by atoms with van der Waals surface area (Å²) in [5.41, 5.74) is 1.14. The van der Waals surface area contributed by atoms with Crippen molar-refractivity contribution in [2.75, 3.05) is 6.54 Å². The fraction of sp³-hybridized carbons (Fsp3) is 0.421. The van der Waals surface area contributed by atoms with Gasteiger partial charge in [0, 0.05) is 19.4 Å². The zero-order chi connectivity index (χ0) is 17.8. The number of aromatic amines is 1. The van der Waals surface area contributed by atoms with E-state index in [2.05, 4.69) is 16.9 Å². The summed E-state index contributed by atoms with van der Waals surface area (Å²) in [4.78, 5) is 33.5. The highest BCUT2D eigenvalue weighted by atomic mass is 19.1. The molecule has 1 aromatic heterocycles. The second-order valence-electron chi connectivity index (χ2n) is 6.34. The summed E-state index contributed by atoms with van der Waals surface area (Å²) in [7, 11) is 0. The number of unbranched alkanes of at least 4 members (excludes halogenated alkanes) is 2. The van der Waals surface area contributed by atoms with E-state index in [0.29, 0.717) is 30.6 Å². The molecule has 132 valence electrons. The van der Waals surface area contributed by atoms with Crippen LogP contribution in [0.15, 0.2) is 29.1 Å². The van der Waals surface area contributed by atoms with Crippen molar-refractivity contribution in [3.8, 4) is 11.4 Å². The number of nitrogens with zero attached hydrogens (tertiary/aromatic N) is 2. The first kappa shape index (κ1) is 17.3. The molecule has 0 radical (unpaired) electrons. The van der Waals surface area contributed by atoms with Crippen LogP contribution in [0.25, 0.3) is 11.4 Å². The number of hydrogen-bond donors (Lipinski definition) is 1. The molecule has 3 rings (SSSR count). The third-order valence-corrected chi connectivity index (χ3v) is 4.54. The highest BCUT2D eigenvalue weighted by molar-refractivity contribution is 5.76. The average molecular weight is 343 g/mol. The number of fused-ring (bicyclic) bond motifs is 1. The first-order valence-corrected chi connectivity index (χ1v) is 8.75. The van der Waals surface area contributed by atoms with Gasteiger partial charge < -0.3 is 9.88 Å². The second kappa shape index (κ2) is 7.59. The fourth-order valence-electron chi connectivity index (χ4n) is 3.10. The molecule has 0 spiro atoms. The van der Waals surface area contributed by atoms with Crippen molar-refractivity contribution in [3.05, 3.63) is 51.7 Å². The van der Waals surface area contributed by atoms with Gasteiger partial charge in [-0.1, -0.05) is 31.9 Å². The van der Waals surface area contributed by atoms with Gasteiger partial charge in [0.05, 0.1) is 23.4 Å². The minimum Gasteiger partial charge on any atom is -0.338 e. The molecule has 6 heteroatoms. The molecule has 0 aliphatic carbocycles. The third-order valence-electron chi connectivity index (χ3n) is 4.54. The minimum absolute atomic E-state index is 0.0803. The number of H-pyrrole nitrogens is 1. The van der Waals surface area contributed by atoms with Gasteiger partial charge in [-0.2, -0.15) is 0 Å². The van der Waals surface area contributed by atoms with Crippen LogP contribution in [0.4, 0.5) is 4.39 Å². The molecular formula is C19H22FN3O2. The van der Waals surface area contributed by atoms with Gasteiger partial charge >= 0.3 is 0 Å². The Hall–Kier alpha value is -2.50. The summed E-state index contributed by atoms with van der Waals surface area (Å²) in [6.07, 6.45) is 4.00. The van der Waals surface area contributed by atoms with Gasteiger partial charge in [-0.25, -0.2) is 9.37 Å². The maximum atomic E-state index is 13.9. The van der Waals surface area contributed by atoms with Crippen molar-refractivity contribution in [1.29, 1.82) is 0 Å². The molecule has 1 amide bonds. The lowest BCUT2D eigenvalue weighted by molar-refractivity contribution is -0.132. The van der Waals surface area contributed by atoms with Crippen LogP contribution in [-0.2, 0) is 17.8 Å². The Morgan fingerprint density at radius 2 is 2.12 bits per heavy atom. The molecule has 0 saturated heterocycles. The summed E-state index contributed by atoms with van der Waals surface area (Å²) in [6.45, 7) is 2.92. The summed E-state index contributed by atoms with van der Waals surface area (Å²) < 4.78 is 13.9. The van der Waals surface area contributed by atoms with E-state index in [1.165, 1.54) is 6.07 Å². The first-order valence-electron chi connectivity index (χ1n) is 8.75. The van der Waals surface area contributed by atoms with E-state index >= 15 is 0 Å². The zero-order valence-corrected chi connectivity index (χ0v) is 14.3. The SMILES string of the molecule is CCCCCC(=O)N1CCc2nc(-c3ccccc3F)[nH]c(=O)c2C1. The van der Waals surface area contributed by atoms with Crippen LogP contribution in [0.3, 0.4) is 0 Å². The summed E-state index contributed by atoms with van der Waals surface area (Å²) in [5.74, 6) is -0.101. The normalized spacial score (nSPS) is 13.6. The number of halogens is 1. The molecule has 2 aromatic rings. The van der Waals surface area contributed by atoms with Crippen LogP contribution in [0.2, 0.25) is 0 Å². The maximum Gasteiger partial charge on any atom is 0.256 e. The van der Waals surface area contributed by atoms with Crippen LogP contribution >= 0.6 is 0 Å². The van der Waals surface area contributed by atoms with Gasteiger partial charge in [-0.15, -0.1) is 0 Å². The van der Waals surface area contributed by atoms with Crippen molar-refractivity contribution < 1.29 is 9.18 Å². The molecular weight excluding hydrogens is 321 g/mol. The van der Waals surface area contributed by atoms with Gasteiger partial charge in [0.15, 0.2) is 0 Å². The van der Waals surface area contributed by atoms with Gasteiger partial charge in [-0.3, -0.25) is 9.59 Å². The van der Waals surface area contributed by atoms with Crippen LogP contribution in [-0.4, -0.2) is 27.3 Å². The smallest absolute Gasteiger partial charge is 0.256 e. The lowest BCUT2D eigenvalue weighted by Crippen LogP contribution is -2.39. The Kier molecular flexibility index (Phi) is 5.26. The van der Waals surface area contributed by atoms with E-state index in [1.807, 2.05) is 0 Å². The van der Waals surface area contributed by atoms with Crippen molar-refractivity contribution in [2.45, 2.75) is 45.6 Å². The number of amides is 1. The average Bonchev–Trinajstić information content (AvgIpc) is 2.62. The van der Waals surface area contributed by atoms with Gasteiger partial charge in [0.2, 0.25) is 5.91 Å². The molecule has 1 aliphatic heterocycles. The molecule has 1 aliphatic rings. The van der Waals surface area contributed by atoms with Gasteiger partial charge in [-0.05, 0) is 18.6 Å². The molecule has 0 atom stereocenters. The number of carbonyl (C=O) groups is 1. The first-order chi connectivity index (χ1) is 12.1. The Morgan fingerprint density at radius 1 is 1.32 bits per heavy atom. The van der Waals surface area contributed by atoms with Crippen molar-refractivity contribution in [2.24, 2.45) is 0 Å². The van der Waals surface area contributed by atoms with Crippen molar-refractivity contribution in [3.63, 3.8) is 0 Å². The Morgan fingerprint density at radius 3 is 2.88 bits per heavy atom. The van der Waals surface area contributed by atoms with E-state index in [-0.39, 0.29) is 29.4 Å². The standard InChI is InChI=1S/C19H22FN3O2/c1-2-3-4-9-17(24)23-11-10-16-14(12-23)19(25)22-18(21-16)13-7-5-6-8-15(13)20/h5-8H,2-4,9-12H2,1H3,(H,21,22,25). The van der Waals surface area contributed by atoms with E-state index in [0.717, 1.165) is 19.3 Å². The van der Waals surface area contributed by atoms with Crippen molar-refractivity contribution >= 4 is 5.91 Å². The van der Waals surface area contributed by atoms with E-state index in [9.17, 15) is 14.0 Å². The number of hydrogen-bond acceptors (Lipinski definition) is 3. The van der Waals surface area contributed by atoms with Crippen LogP contribution in [0.5, 0.6) is 0 Å². The molecule has 0 unspecified atom stereocenters. The zero-order valence-electron chi connectivity index (χ0n) is 14.3. The van der Waals surface area contributed by atoms with Crippen LogP contribution in [0.1, 0.15) is 43.9 Å². The highest BCUT2D eigenvalue weighted by Crippen LogP contribution is 2.21. The van der Waals surface area contributed by atoms with Gasteiger partial charge in [0.1, 0.15) is 11.6 Å². The number of carbonyl (C=O) groups excluding carboxylic acids is 1. The van der Waals surface area contributed by atoms with Crippen LogP contribution in [0, 0.1) is 5.82 Å². The lowest BCUT2D eigenvalue weighted by Gasteiger charge is -2.28. The van der Waals surface area contributed by atoms with E-state index < -0.39 is 5.82 Å². The largest absolute Gasteiger partial charge is 0.338 e. The number of rotatable bonds is 5. The topological polar surface area (TPSA) is 66.1 Å². The minimum atomic E-state index is -0.422. The fourth-order valence-corrected chi connectivity index (χ4v) is 3.10. The molecule has 1 N–H and O–H groups in total. The Balaban J connectivity index is 1.82. The van der Waals surface area contributed by atoms with Crippen LogP contribution < -0.4 is 5.56 Å². The molecule has 0 fully saturated rings. The quantitative estimate of drug-likeness (QED) is 0.849. The van der Waals surface area contributed by atoms with Gasteiger partial charge in [0.25, 0.3) is 5.56 Å². The summed E-state index contributed by atoms with van der Waals surface area (Å²) in [6, 6.07) is 6.23. The predicted molar refractivity (Wildman–Crippen MR) is 93.5 cm³/mol. The summed E-state index contributed by atoms with van der Waals surface area (Å²) in [5, 5.41) is 0. The number of aromatic nitrogens is 2. The highest BCUT2D eigenvalue weighted by Gasteiger charge is 2.24. The molecule has 0 saturated carbocycles.